The molecule has 1 unspecified atom stereocenters. The van der Waals surface area contributed by atoms with Crippen LogP contribution in [-0.2, 0) is 11.2 Å². The van der Waals surface area contributed by atoms with Gasteiger partial charge in [0.05, 0.1) is 10.6 Å². The van der Waals surface area contributed by atoms with Crippen LogP contribution < -0.4 is 4.90 Å². The minimum absolute atomic E-state index is 0.138. The molecule has 176 valence electrons. The smallest absolute Gasteiger partial charge is 0.198 e. The lowest BCUT2D eigenvalue weighted by atomic mass is 9.89. The van der Waals surface area contributed by atoms with E-state index in [1.807, 2.05) is 74.5 Å². The summed E-state index contributed by atoms with van der Waals surface area (Å²) in [6, 6.07) is 18.3. The molecule has 6 heteroatoms. The number of aliphatic hydroxyl groups is 1. The fourth-order valence-corrected chi connectivity index (χ4v) is 5.09. The Morgan fingerprint density at radius 1 is 1.09 bits per heavy atom. The lowest BCUT2D eigenvalue weighted by Gasteiger charge is -2.22. The van der Waals surface area contributed by atoms with E-state index in [2.05, 4.69) is 22.1 Å². The molecule has 34 heavy (non-hydrogen) atoms. The average Bonchev–Trinajstić information content (AvgIpc) is 3.34. The van der Waals surface area contributed by atoms with E-state index >= 15 is 0 Å². The van der Waals surface area contributed by atoms with Crippen LogP contribution in [0.25, 0.3) is 6.08 Å². The maximum absolute atomic E-state index is 13.4. The highest BCUT2D eigenvalue weighted by Crippen LogP contribution is 2.42. The normalized spacial score (nSPS) is 19.0. The number of thioether (sulfide) groups is 1. The monoisotopic (exact) mass is 473 g/mol. The van der Waals surface area contributed by atoms with Crippen LogP contribution in [0.1, 0.15) is 36.1 Å². The van der Waals surface area contributed by atoms with Gasteiger partial charge in [0.1, 0.15) is 5.60 Å². The second-order valence-corrected chi connectivity index (χ2v) is 9.98. The number of hydrogen-bond donors (Lipinski definition) is 2. The van der Waals surface area contributed by atoms with Gasteiger partial charge in [-0.05, 0) is 79.8 Å². The molecule has 1 aromatic heterocycles. The van der Waals surface area contributed by atoms with Crippen molar-refractivity contribution in [2.45, 2.75) is 43.4 Å². The van der Waals surface area contributed by atoms with Crippen molar-refractivity contribution >= 4 is 29.3 Å². The van der Waals surface area contributed by atoms with Gasteiger partial charge >= 0.3 is 0 Å². The summed E-state index contributed by atoms with van der Waals surface area (Å²) in [7, 11) is 3.98. The standard InChI is InChI=1S/C28H31N3O2S/c1-20-19-29-27(30-20)34-25-18-28(33,16-8-7-11-21-9-5-4-6-10-21)24(26(25)32)17-22-12-14-23(15-13-22)31(2)3/h4-6,9-10,12-15,17-19,33H,7-8,11,16H2,1-3H3,(H,29,30). The highest BCUT2D eigenvalue weighted by Gasteiger charge is 2.42. The third kappa shape index (κ3) is 5.69. The summed E-state index contributed by atoms with van der Waals surface area (Å²) in [6.07, 6.45) is 8.56. The Kier molecular flexibility index (Phi) is 7.39. The van der Waals surface area contributed by atoms with E-state index in [0.29, 0.717) is 22.1 Å². The molecule has 0 saturated carbocycles. The molecule has 1 aliphatic rings. The third-order valence-corrected chi connectivity index (χ3v) is 6.96. The molecule has 2 aromatic carbocycles. The Bertz CT molecular complexity index is 1200. The summed E-state index contributed by atoms with van der Waals surface area (Å²) in [5.41, 5.74) is 3.26. The number of nitrogens with one attached hydrogen (secondary N) is 1. The number of imidazole rings is 1. The van der Waals surface area contributed by atoms with Gasteiger partial charge in [-0.2, -0.15) is 0 Å². The van der Waals surface area contributed by atoms with Crippen LogP contribution in [-0.4, -0.2) is 40.6 Å². The first-order chi connectivity index (χ1) is 16.3. The molecule has 0 amide bonds. The second-order valence-electron chi connectivity index (χ2n) is 8.95. The number of carbonyl (C=O) groups is 1. The van der Waals surface area contributed by atoms with Crippen LogP contribution in [0.5, 0.6) is 0 Å². The number of benzene rings is 2. The Morgan fingerprint density at radius 2 is 1.82 bits per heavy atom. The largest absolute Gasteiger partial charge is 0.381 e. The summed E-state index contributed by atoms with van der Waals surface area (Å²) in [6.45, 7) is 1.90. The number of H-pyrrole nitrogens is 1. The highest BCUT2D eigenvalue weighted by molar-refractivity contribution is 8.03. The predicted molar refractivity (Wildman–Crippen MR) is 140 cm³/mol. The van der Waals surface area contributed by atoms with Crippen LogP contribution in [0.2, 0.25) is 0 Å². The molecule has 1 atom stereocenters. The Hall–Kier alpha value is -3.09. The topological polar surface area (TPSA) is 69.2 Å². The summed E-state index contributed by atoms with van der Waals surface area (Å²) in [5, 5.41) is 12.3. The van der Waals surface area contributed by atoms with E-state index in [-0.39, 0.29) is 5.78 Å². The van der Waals surface area contributed by atoms with Crippen molar-refractivity contribution in [3.8, 4) is 0 Å². The van der Waals surface area contributed by atoms with Crippen molar-refractivity contribution in [1.29, 1.82) is 0 Å². The van der Waals surface area contributed by atoms with Crippen molar-refractivity contribution in [3.63, 3.8) is 0 Å². The molecule has 1 aliphatic carbocycles. The van der Waals surface area contributed by atoms with Gasteiger partial charge in [0, 0.05) is 31.6 Å². The molecule has 0 radical (unpaired) electrons. The number of aromatic amines is 1. The molecule has 0 fully saturated rings. The number of rotatable bonds is 9. The molecule has 0 spiro atoms. The van der Waals surface area contributed by atoms with Gasteiger partial charge in [-0.15, -0.1) is 0 Å². The van der Waals surface area contributed by atoms with Crippen molar-refractivity contribution in [3.05, 3.63) is 94.2 Å². The fourth-order valence-electron chi connectivity index (χ4n) is 4.11. The number of anilines is 1. The first-order valence-corrected chi connectivity index (χ1v) is 12.4. The fraction of sp³-hybridized carbons (Fsp3) is 0.286. The molecule has 5 nitrogen and oxygen atoms in total. The summed E-state index contributed by atoms with van der Waals surface area (Å²) in [5.74, 6) is -0.138. The van der Waals surface area contributed by atoms with Gasteiger partial charge < -0.3 is 15.0 Å². The van der Waals surface area contributed by atoms with Gasteiger partial charge in [0.2, 0.25) is 0 Å². The first kappa shape index (κ1) is 24.0. The maximum Gasteiger partial charge on any atom is 0.198 e. The minimum atomic E-state index is -1.29. The van der Waals surface area contributed by atoms with Crippen molar-refractivity contribution in [2.24, 2.45) is 0 Å². The maximum atomic E-state index is 13.4. The lowest BCUT2D eigenvalue weighted by Crippen LogP contribution is -2.27. The Labute approximate surface area is 205 Å². The molecule has 1 heterocycles. The van der Waals surface area contributed by atoms with Crippen molar-refractivity contribution in [1.82, 2.24) is 9.97 Å². The minimum Gasteiger partial charge on any atom is -0.381 e. The van der Waals surface area contributed by atoms with E-state index in [0.717, 1.165) is 36.2 Å². The van der Waals surface area contributed by atoms with Crippen molar-refractivity contribution in [2.75, 3.05) is 19.0 Å². The van der Waals surface area contributed by atoms with Gasteiger partial charge in [0.15, 0.2) is 10.9 Å². The van der Waals surface area contributed by atoms with E-state index in [1.54, 1.807) is 12.3 Å². The number of aryl methyl sites for hydroxylation is 2. The lowest BCUT2D eigenvalue weighted by molar-refractivity contribution is -0.112. The molecular formula is C28H31N3O2S. The number of nitrogens with zero attached hydrogens (tertiary/aromatic N) is 2. The van der Waals surface area contributed by atoms with E-state index in [9.17, 15) is 9.90 Å². The quantitative estimate of drug-likeness (QED) is 0.314. The predicted octanol–water partition coefficient (Wildman–Crippen LogP) is 5.57. The van der Waals surface area contributed by atoms with Crippen LogP contribution in [0.15, 0.2) is 82.5 Å². The van der Waals surface area contributed by atoms with Gasteiger partial charge in [0.25, 0.3) is 0 Å². The molecule has 0 saturated heterocycles. The molecule has 4 rings (SSSR count). The number of unbranched alkanes of at least 4 members (excludes halogenated alkanes) is 1. The SMILES string of the molecule is Cc1c[nH]c(SC2=CC(O)(CCCCc3ccccc3)C(=Cc3ccc(N(C)C)cc3)C2=O)n1. The number of carbonyl (C=O) groups excluding carboxylic acids is 1. The zero-order valence-electron chi connectivity index (χ0n) is 19.9. The zero-order chi connectivity index (χ0) is 24.1. The molecule has 0 aliphatic heterocycles. The van der Waals surface area contributed by atoms with Crippen LogP contribution in [0.3, 0.4) is 0 Å². The number of hydrogen-bond acceptors (Lipinski definition) is 5. The Balaban J connectivity index is 1.55. The van der Waals surface area contributed by atoms with E-state index in [1.165, 1.54) is 17.3 Å². The highest BCUT2D eigenvalue weighted by atomic mass is 32.2. The summed E-state index contributed by atoms with van der Waals surface area (Å²) >= 11 is 1.28. The third-order valence-electron chi connectivity index (χ3n) is 6.03. The molecule has 3 aromatic rings. The summed E-state index contributed by atoms with van der Waals surface area (Å²) < 4.78 is 0. The van der Waals surface area contributed by atoms with Crippen LogP contribution in [0.4, 0.5) is 5.69 Å². The first-order valence-electron chi connectivity index (χ1n) is 11.6. The molecule has 0 bridgehead atoms. The van der Waals surface area contributed by atoms with Crippen molar-refractivity contribution < 1.29 is 9.90 Å². The van der Waals surface area contributed by atoms with Gasteiger partial charge in [-0.1, -0.05) is 42.5 Å². The number of allylic oxidation sites excluding steroid dienone is 1. The van der Waals surface area contributed by atoms with E-state index < -0.39 is 5.60 Å². The second kappa shape index (κ2) is 10.5. The van der Waals surface area contributed by atoms with Gasteiger partial charge in [-0.25, -0.2) is 4.98 Å². The number of ketones is 1. The number of Topliss-reactive ketones (excluding diaryl/α,β-unsaturated/α-hetero) is 1. The van der Waals surface area contributed by atoms with Crippen LogP contribution >= 0.6 is 11.8 Å². The van der Waals surface area contributed by atoms with Crippen LogP contribution in [0, 0.1) is 6.92 Å². The molecule has 2 N–H and O–H groups in total. The molecular weight excluding hydrogens is 442 g/mol. The van der Waals surface area contributed by atoms with Gasteiger partial charge in [-0.3, -0.25) is 4.79 Å². The average molecular weight is 474 g/mol. The Morgan fingerprint density at radius 3 is 2.47 bits per heavy atom. The van der Waals surface area contributed by atoms with E-state index in [4.69, 9.17) is 0 Å². The zero-order valence-corrected chi connectivity index (χ0v) is 20.7. The number of aromatic nitrogens is 2. The summed E-state index contributed by atoms with van der Waals surface area (Å²) in [4.78, 5) is 23.4.